The number of aryl methyl sites for hydroxylation is 1. The molecule has 7 heteroatoms. The fourth-order valence-corrected chi connectivity index (χ4v) is 4.06. The van der Waals surface area contributed by atoms with Gasteiger partial charge >= 0.3 is 0 Å². The largest absolute Gasteiger partial charge is 0.385 e. The van der Waals surface area contributed by atoms with Crippen LogP contribution >= 0.6 is 11.6 Å². The van der Waals surface area contributed by atoms with Crippen molar-refractivity contribution in [3.8, 4) is 6.07 Å². The lowest BCUT2D eigenvalue weighted by atomic mass is 9.90. The highest BCUT2D eigenvalue weighted by atomic mass is 35.5. The van der Waals surface area contributed by atoms with Gasteiger partial charge in [-0.1, -0.05) is 11.6 Å². The average molecular weight is 382 g/mol. The number of aliphatic hydroxyl groups is 1. The number of aliphatic hydroxyl groups excluding tert-OH is 1. The van der Waals surface area contributed by atoms with Gasteiger partial charge in [-0.05, 0) is 37.0 Å². The summed E-state index contributed by atoms with van der Waals surface area (Å²) in [6, 6.07) is 7.81. The van der Waals surface area contributed by atoms with Crippen LogP contribution in [-0.2, 0) is 7.05 Å². The Hall–Kier alpha value is -2.62. The molecule has 1 aliphatic heterocycles. The zero-order valence-corrected chi connectivity index (χ0v) is 15.8. The number of benzene rings is 1. The third kappa shape index (κ3) is 3.25. The van der Waals surface area contributed by atoms with E-state index < -0.39 is 6.10 Å². The zero-order valence-electron chi connectivity index (χ0n) is 15.0. The molecule has 1 aromatic carbocycles. The minimum absolute atomic E-state index is 0.143. The maximum atomic E-state index is 10.7. The van der Waals surface area contributed by atoms with E-state index in [4.69, 9.17) is 11.6 Å². The number of nitriles is 1. The molecule has 2 aromatic heterocycles. The number of halogens is 1. The summed E-state index contributed by atoms with van der Waals surface area (Å²) in [6.45, 7) is 1.51. The van der Waals surface area contributed by atoms with Crippen molar-refractivity contribution in [2.24, 2.45) is 13.0 Å². The Bertz CT molecular complexity index is 1020. The van der Waals surface area contributed by atoms with Crippen molar-refractivity contribution in [1.29, 1.82) is 5.26 Å². The molecule has 138 valence electrons. The van der Waals surface area contributed by atoms with Gasteiger partial charge in [0.15, 0.2) is 0 Å². The van der Waals surface area contributed by atoms with Gasteiger partial charge in [-0.2, -0.15) is 5.26 Å². The Balaban J connectivity index is 1.61. The Morgan fingerprint density at radius 3 is 2.74 bits per heavy atom. The summed E-state index contributed by atoms with van der Waals surface area (Å²) < 4.78 is 1.86. The molecule has 1 N–H and O–H groups in total. The van der Waals surface area contributed by atoms with Gasteiger partial charge in [0, 0.05) is 49.1 Å². The fraction of sp³-hybridized carbons (Fsp3) is 0.350. The summed E-state index contributed by atoms with van der Waals surface area (Å²) in [5.74, 6) is 0.844. The van der Waals surface area contributed by atoms with Gasteiger partial charge in [-0.15, -0.1) is 0 Å². The monoisotopic (exact) mass is 381 g/mol. The second-order valence-electron chi connectivity index (χ2n) is 6.96. The van der Waals surface area contributed by atoms with E-state index in [0.717, 1.165) is 42.5 Å². The Morgan fingerprint density at radius 2 is 2.07 bits per heavy atom. The molecule has 1 atom stereocenters. The van der Waals surface area contributed by atoms with Crippen LogP contribution in [0.1, 0.15) is 30.3 Å². The minimum Gasteiger partial charge on any atom is -0.385 e. The zero-order chi connectivity index (χ0) is 19.0. The first-order chi connectivity index (χ1) is 13.1. The first-order valence-electron chi connectivity index (χ1n) is 8.97. The van der Waals surface area contributed by atoms with Crippen LogP contribution in [0.25, 0.3) is 10.9 Å². The predicted octanol–water partition coefficient (Wildman–Crippen LogP) is 3.44. The van der Waals surface area contributed by atoms with Crippen molar-refractivity contribution in [3.05, 3.63) is 53.2 Å². The molecule has 3 heterocycles. The van der Waals surface area contributed by atoms with E-state index in [-0.39, 0.29) is 5.92 Å². The molecule has 1 fully saturated rings. The van der Waals surface area contributed by atoms with E-state index in [9.17, 15) is 10.4 Å². The topological polar surface area (TPSA) is 78.0 Å². The lowest BCUT2D eigenvalue weighted by Gasteiger charge is -2.36. The number of anilines is 1. The maximum Gasteiger partial charge on any atom is 0.137 e. The highest BCUT2D eigenvalue weighted by Crippen LogP contribution is 2.36. The van der Waals surface area contributed by atoms with Crippen LogP contribution in [0.4, 0.5) is 5.69 Å². The number of hydrogen-bond donors (Lipinski definition) is 1. The standard InChI is InChI=1S/C20H20ClN5O/c1-25-9-6-23-20(25)19(27)13-4-7-26(8-5-13)18-14(11-22)12-24-17-3-2-15(21)10-16(17)18/h2-3,6,9-10,12-13,19,27H,4-5,7-8H2,1H3. The maximum absolute atomic E-state index is 10.7. The Kier molecular flexibility index (Phi) is 4.73. The predicted molar refractivity (Wildman–Crippen MR) is 105 cm³/mol. The average Bonchev–Trinajstić information content (AvgIpc) is 3.12. The van der Waals surface area contributed by atoms with Crippen LogP contribution in [0.2, 0.25) is 5.02 Å². The molecular weight excluding hydrogens is 362 g/mol. The SMILES string of the molecule is Cn1ccnc1C(O)C1CCN(c2c(C#N)cnc3ccc(Cl)cc23)CC1. The molecule has 0 amide bonds. The van der Waals surface area contributed by atoms with Crippen molar-refractivity contribution >= 4 is 28.2 Å². The Morgan fingerprint density at radius 1 is 1.30 bits per heavy atom. The quantitative estimate of drug-likeness (QED) is 0.751. The molecule has 4 rings (SSSR count). The van der Waals surface area contributed by atoms with Crippen LogP contribution < -0.4 is 4.90 Å². The van der Waals surface area contributed by atoms with Crippen LogP contribution in [0, 0.1) is 17.2 Å². The van der Waals surface area contributed by atoms with Crippen molar-refractivity contribution in [2.75, 3.05) is 18.0 Å². The van der Waals surface area contributed by atoms with Gasteiger partial charge in [0.25, 0.3) is 0 Å². The van der Waals surface area contributed by atoms with Gasteiger partial charge in [0.05, 0.1) is 16.8 Å². The molecule has 0 bridgehead atoms. The Labute approximate surface area is 162 Å². The van der Waals surface area contributed by atoms with Gasteiger partial charge in [0.1, 0.15) is 18.0 Å². The first-order valence-corrected chi connectivity index (χ1v) is 9.35. The lowest BCUT2D eigenvalue weighted by Crippen LogP contribution is -2.36. The highest BCUT2D eigenvalue weighted by molar-refractivity contribution is 6.31. The summed E-state index contributed by atoms with van der Waals surface area (Å²) in [6.07, 6.45) is 6.25. The first kappa shape index (κ1) is 17.8. The molecule has 1 unspecified atom stereocenters. The van der Waals surface area contributed by atoms with E-state index in [1.165, 1.54) is 0 Å². The molecule has 1 aliphatic rings. The third-order valence-electron chi connectivity index (χ3n) is 5.35. The molecule has 0 spiro atoms. The number of pyridine rings is 1. The smallest absolute Gasteiger partial charge is 0.137 e. The van der Waals surface area contributed by atoms with Crippen LogP contribution in [0.3, 0.4) is 0 Å². The molecule has 0 aliphatic carbocycles. The van der Waals surface area contributed by atoms with E-state index in [1.54, 1.807) is 12.4 Å². The number of imidazole rings is 1. The van der Waals surface area contributed by atoms with Gasteiger partial charge in [-0.3, -0.25) is 4.98 Å². The summed E-state index contributed by atoms with van der Waals surface area (Å²) >= 11 is 6.19. The number of fused-ring (bicyclic) bond motifs is 1. The van der Waals surface area contributed by atoms with Crippen LogP contribution in [0.15, 0.2) is 36.8 Å². The van der Waals surface area contributed by atoms with Crippen LogP contribution in [0.5, 0.6) is 0 Å². The molecule has 6 nitrogen and oxygen atoms in total. The molecule has 0 radical (unpaired) electrons. The molecule has 27 heavy (non-hydrogen) atoms. The normalized spacial score (nSPS) is 16.4. The third-order valence-corrected chi connectivity index (χ3v) is 5.58. The number of aromatic nitrogens is 3. The summed E-state index contributed by atoms with van der Waals surface area (Å²) in [5, 5.41) is 21.8. The number of piperidine rings is 1. The van der Waals surface area contributed by atoms with E-state index in [1.807, 2.05) is 36.0 Å². The number of rotatable bonds is 3. The lowest BCUT2D eigenvalue weighted by molar-refractivity contribution is 0.0825. The van der Waals surface area contributed by atoms with E-state index in [2.05, 4.69) is 20.9 Å². The van der Waals surface area contributed by atoms with Crippen molar-refractivity contribution in [3.63, 3.8) is 0 Å². The number of hydrogen-bond acceptors (Lipinski definition) is 5. The van der Waals surface area contributed by atoms with E-state index in [0.29, 0.717) is 16.4 Å². The van der Waals surface area contributed by atoms with Gasteiger partial charge in [0.2, 0.25) is 0 Å². The highest BCUT2D eigenvalue weighted by Gasteiger charge is 2.30. The van der Waals surface area contributed by atoms with Crippen LogP contribution in [-0.4, -0.2) is 32.7 Å². The molecule has 1 saturated heterocycles. The van der Waals surface area contributed by atoms with Crippen molar-refractivity contribution in [1.82, 2.24) is 14.5 Å². The van der Waals surface area contributed by atoms with Crippen molar-refractivity contribution < 1.29 is 5.11 Å². The minimum atomic E-state index is -0.578. The van der Waals surface area contributed by atoms with E-state index >= 15 is 0 Å². The van der Waals surface area contributed by atoms with Crippen molar-refractivity contribution in [2.45, 2.75) is 18.9 Å². The second-order valence-corrected chi connectivity index (χ2v) is 7.40. The molecular formula is C20H20ClN5O. The molecule has 0 saturated carbocycles. The van der Waals surface area contributed by atoms with Gasteiger partial charge < -0.3 is 14.6 Å². The summed E-state index contributed by atoms with van der Waals surface area (Å²) in [7, 11) is 1.90. The second kappa shape index (κ2) is 7.18. The van der Waals surface area contributed by atoms with Gasteiger partial charge in [-0.25, -0.2) is 4.98 Å². The summed E-state index contributed by atoms with van der Waals surface area (Å²) in [5.41, 5.74) is 2.26. The fourth-order valence-electron chi connectivity index (χ4n) is 3.89. The molecule has 3 aromatic rings. The summed E-state index contributed by atoms with van der Waals surface area (Å²) in [4.78, 5) is 10.9. The number of nitrogens with zero attached hydrogens (tertiary/aromatic N) is 5.